The summed E-state index contributed by atoms with van der Waals surface area (Å²) < 4.78 is 40.2. The summed E-state index contributed by atoms with van der Waals surface area (Å²) in [6.07, 6.45) is 4.88. The first-order valence-corrected chi connectivity index (χ1v) is 11.7. The number of hydrogen-bond donors (Lipinski definition) is 1. The number of aliphatic carboxylic acids is 1. The quantitative estimate of drug-likeness (QED) is 0.285. The zero-order valence-electron chi connectivity index (χ0n) is 20.1. The van der Waals surface area contributed by atoms with E-state index in [9.17, 15) is 27.9 Å². The average molecular weight is 520 g/mol. The summed E-state index contributed by atoms with van der Waals surface area (Å²) in [4.78, 5) is 30.8. The SMILES string of the molecule is O=C(O)C(Cn1cccc1)N(Cc1ccc(-c2ccncc2)cc1)C(=O)C=Cc1ccc(C(F)(F)F)cc1. The molecule has 1 amide bonds. The predicted molar refractivity (Wildman–Crippen MR) is 137 cm³/mol. The molecule has 9 heteroatoms. The van der Waals surface area contributed by atoms with E-state index in [1.807, 2.05) is 36.4 Å². The molecule has 1 atom stereocenters. The number of rotatable bonds is 9. The minimum absolute atomic E-state index is 0.0189. The molecule has 6 nitrogen and oxygen atoms in total. The topological polar surface area (TPSA) is 75.4 Å². The highest BCUT2D eigenvalue weighted by Crippen LogP contribution is 2.29. The number of amides is 1. The van der Waals surface area contributed by atoms with Gasteiger partial charge in [0, 0.05) is 37.4 Å². The van der Waals surface area contributed by atoms with Crippen molar-refractivity contribution in [3.8, 4) is 11.1 Å². The van der Waals surface area contributed by atoms with E-state index in [-0.39, 0.29) is 13.1 Å². The highest BCUT2D eigenvalue weighted by Gasteiger charge is 2.30. The number of benzene rings is 2. The molecular formula is C29H24F3N3O3. The van der Waals surface area contributed by atoms with Gasteiger partial charge in [-0.05, 0) is 64.7 Å². The van der Waals surface area contributed by atoms with Crippen LogP contribution in [0.5, 0.6) is 0 Å². The Morgan fingerprint density at radius 1 is 0.921 bits per heavy atom. The van der Waals surface area contributed by atoms with E-state index >= 15 is 0 Å². The van der Waals surface area contributed by atoms with E-state index in [2.05, 4.69) is 4.98 Å². The van der Waals surface area contributed by atoms with Crippen LogP contribution in [0, 0.1) is 0 Å². The Morgan fingerprint density at radius 3 is 2.11 bits per heavy atom. The van der Waals surface area contributed by atoms with Crippen LogP contribution in [0.1, 0.15) is 16.7 Å². The molecule has 0 saturated heterocycles. The van der Waals surface area contributed by atoms with Crippen LogP contribution in [0.4, 0.5) is 13.2 Å². The number of pyridine rings is 1. The van der Waals surface area contributed by atoms with Gasteiger partial charge in [-0.15, -0.1) is 0 Å². The predicted octanol–water partition coefficient (Wildman–Crippen LogP) is 5.76. The van der Waals surface area contributed by atoms with Gasteiger partial charge in [-0.3, -0.25) is 9.78 Å². The Balaban J connectivity index is 1.59. The molecule has 0 aliphatic carbocycles. The second-order valence-electron chi connectivity index (χ2n) is 8.59. The molecule has 0 aliphatic heterocycles. The maximum absolute atomic E-state index is 13.3. The standard InChI is InChI=1S/C29H24F3N3O3/c30-29(31,32)25-10-5-21(6-11-25)7-12-27(36)35(26(28(37)38)20-34-17-1-2-18-34)19-22-3-8-23(9-4-22)24-13-15-33-16-14-24/h1-18,26H,19-20H2,(H,37,38). The molecular weight excluding hydrogens is 495 g/mol. The van der Waals surface area contributed by atoms with Gasteiger partial charge in [0.05, 0.1) is 12.1 Å². The molecule has 4 aromatic rings. The molecule has 2 aromatic heterocycles. The molecule has 4 rings (SSSR count). The molecule has 0 bridgehead atoms. The molecule has 0 saturated carbocycles. The average Bonchev–Trinajstić information content (AvgIpc) is 3.43. The highest BCUT2D eigenvalue weighted by atomic mass is 19.4. The minimum atomic E-state index is -4.46. The monoisotopic (exact) mass is 519 g/mol. The summed E-state index contributed by atoms with van der Waals surface area (Å²) in [5.74, 6) is -1.76. The van der Waals surface area contributed by atoms with Crippen molar-refractivity contribution in [3.05, 3.63) is 120 Å². The number of carbonyl (C=O) groups is 2. The Kier molecular flexibility index (Phi) is 8.06. The summed E-state index contributed by atoms with van der Waals surface area (Å²) in [6.45, 7) is 0.0440. The van der Waals surface area contributed by atoms with Crippen molar-refractivity contribution in [2.24, 2.45) is 0 Å². The Labute approximate surface area is 217 Å². The van der Waals surface area contributed by atoms with Gasteiger partial charge in [-0.25, -0.2) is 4.79 Å². The van der Waals surface area contributed by atoms with Crippen molar-refractivity contribution in [3.63, 3.8) is 0 Å². The van der Waals surface area contributed by atoms with Crippen LogP contribution in [0.25, 0.3) is 17.2 Å². The summed E-state index contributed by atoms with van der Waals surface area (Å²) in [5, 5.41) is 10.0. The fraction of sp³-hybridized carbons (Fsp3) is 0.138. The summed E-state index contributed by atoms with van der Waals surface area (Å²) in [6, 6.07) is 17.8. The van der Waals surface area contributed by atoms with Crippen molar-refractivity contribution >= 4 is 18.0 Å². The van der Waals surface area contributed by atoms with Crippen LogP contribution in [0.3, 0.4) is 0 Å². The molecule has 1 N–H and O–H groups in total. The van der Waals surface area contributed by atoms with Crippen LogP contribution in [0.15, 0.2) is 104 Å². The van der Waals surface area contributed by atoms with Gasteiger partial charge in [-0.2, -0.15) is 13.2 Å². The lowest BCUT2D eigenvalue weighted by Crippen LogP contribution is -2.46. The first kappa shape index (κ1) is 26.4. The number of nitrogens with zero attached hydrogens (tertiary/aromatic N) is 3. The molecule has 0 radical (unpaired) electrons. The molecule has 0 fully saturated rings. The normalized spacial score (nSPS) is 12.4. The summed E-state index contributed by atoms with van der Waals surface area (Å²) in [5.41, 5.74) is 2.21. The number of halogens is 3. The van der Waals surface area contributed by atoms with Crippen LogP contribution >= 0.6 is 0 Å². The highest BCUT2D eigenvalue weighted by molar-refractivity contribution is 5.94. The molecule has 194 valence electrons. The summed E-state index contributed by atoms with van der Waals surface area (Å²) in [7, 11) is 0. The van der Waals surface area contributed by atoms with E-state index in [4.69, 9.17) is 0 Å². The first-order valence-electron chi connectivity index (χ1n) is 11.7. The third-order valence-corrected chi connectivity index (χ3v) is 5.97. The fourth-order valence-corrected chi connectivity index (χ4v) is 3.93. The van der Waals surface area contributed by atoms with Crippen LogP contribution in [0.2, 0.25) is 0 Å². The lowest BCUT2D eigenvalue weighted by Gasteiger charge is -2.28. The smallest absolute Gasteiger partial charge is 0.416 e. The Bertz CT molecular complexity index is 1380. The van der Waals surface area contributed by atoms with Crippen molar-refractivity contribution in [1.82, 2.24) is 14.5 Å². The molecule has 2 aromatic carbocycles. The lowest BCUT2D eigenvalue weighted by molar-refractivity contribution is -0.149. The van der Waals surface area contributed by atoms with Crippen molar-refractivity contribution in [2.75, 3.05) is 0 Å². The van der Waals surface area contributed by atoms with Crippen molar-refractivity contribution in [2.45, 2.75) is 25.3 Å². The zero-order valence-corrected chi connectivity index (χ0v) is 20.1. The number of carbonyl (C=O) groups excluding carboxylic acids is 1. The molecule has 1 unspecified atom stereocenters. The van der Waals surface area contributed by atoms with E-state index in [0.29, 0.717) is 5.56 Å². The number of carboxylic acids is 1. The van der Waals surface area contributed by atoms with E-state index in [1.54, 1.807) is 41.5 Å². The van der Waals surface area contributed by atoms with Gasteiger partial charge < -0.3 is 14.6 Å². The van der Waals surface area contributed by atoms with Crippen LogP contribution in [-0.4, -0.2) is 37.5 Å². The minimum Gasteiger partial charge on any atom is -0.480 e. The van der Waals surface area contributed by atoms with E-state index < -0.39 is 29.7 Å². The molecule has 2 heterocycles. The van der Waals surface area contributed by atoms with Gasteiger partial charge in [0.1, 0.15) is 6.04 Å². The second-order valence-corrected chi connectivity index (χ2v) is 8.59. The fourth-order valence-electron chi connectivity index (χ4n) is 3.93. The van der Waals surface area contributed by atoms with Gasteiger partial charge in [-0.1, -0.05) is 36.4 Å². The number of aromatic nitrogens is 2. The number of carboxylic acid groups (broad SMARTS) is 1. The van der Waals surface area contributed by atoms with Gasteiger partial charge in [0.15, 0.2) is 0 Å². The van der Waals surface area contributed by atoms with Gasteiger partial charge in [0.2, 0.25) is 5.91 Å². The summed E-state index contributed by atoms with van der Waals surface area (Å²) >= 11 is 0. The second kappa shape index (κ2) is 11.6. The first-order chi connectivity index (χ1) is 18.2. The van der Waals surface area contributed by atoms with Crippen molar-refractivity contribution in [1.29, 1.82) is 0 Å². The number of hydrogen-bond acceptors (Lipinski definition) is 3. The van der Waals surface area contributed by atoms with Crippen molar-refractivity contribution < 1.29 is 27.9 Å². The Hall–Kier alpha value is -4.66. The maximum Gasteiger partial charge on any atom is 0.416 e. The van der Waals surface area contributed by atoms with E-state index in [0.717, 1.165) is 28.8 Å². The molecule has 38 heavy (non-hydrogen) atoms. The number of alkyl halides is 3. The van der Waals surface area contributed by atoms with Gasteiger partial charge >= 0.3 is 12.1 Å². The third-order valence-electron chi connectivity index (χ3n) is 5.97. The largest absolute Gasteiger partial charge is 0.480 e. The Morgan fingerprint density at radius 2 is 1.53 bits per heavy atom. The van der Waals surface area contributed by atoms with Gasteiger partial charge in [0.25, 0.3) is 0 Å². The zero-order chi connectivity index (χ0) is 27.1. The molecule has 0 spiro atoms. The third kappa shape index (κ3) is 6.76. The lowest BCUT2D eigenvalue weighted by atomic mass is 10.0. The maximum atomic E-state index is 13.3. The van der Waals surface area contributed by atoms with Crippen LogP contribution in [-0.2, 0) is 28.9 Å². The van der Waals surface area contributed by atoms with E-state index in [1.165, 1.54) is 29.2 Å². The van der Waals surface area contributed by atoms with Crippen LogP contribution < -0.4 is 0 Å². The molecule has 0 aliphatic rings.